The number of hydrogen-bond acceptors (Lipinski definition) is 1. The number of aromatic amines is 1. The van der Waals surface area contributed by atoms with Gasteiger partial charge in [-0.25, -0.2) is 4.98 Å². The van der Waals surface area contributed by atoms with Crippen LogP contribution < -0.4 is 0 Å². The van der Waals surface area contributed by atoms with E-state index in [4.69, 9.17) is 11.6 Å². The summed E-state index contributed by atoms with van der Waals surface area (Å²) in [6.45, 7) is 5.85. The molecule has 2 nitrogen and oxygen atoms in total. The average Bonchev–Trinajstić information content (AvgIpc) is 2.46. The van der Waals surface area contributed by atoms with E-state index in [1.54, 1.807) is 6.20 Å². The number of allylic oxidation sites excluding steroid dienone is 1. The van der Waals surface area contributed by atoms with Crippen LogP contribution in [0.25, 0.3) is 16.6 Å². The van der Waals surface area contributed by atoms with Gasteiger partial charge in [-0.05, 0) is 18.6 Å². The van der Waals surface area contributed by atoms with E-state index < -0.39 is 0 Å². The Morgan fingerprint density at radius 3 is 3.08 bits per heavy atom. The number of fused-ring (bicyclic) bond motifs is 1. The Bertz CT molecular complexity index is 471. The predicted octanol–water partition coefficient (Wildman–Crippen LogP) is 3.25. The molecule has 0 aliphatic heterocycles. The van der Waals surface area contributed by atoms with Gasteiger partial charge in [0.15, 0.2) is 0 Å². The molecule has 2 rings (SSSR count). The van der Waals surface area contributed by atoms with Crippen molar-refractivity contribution in [3.63, 3.8) is 0 Å². The molecule has 0 amide bonds. The first kappa shape index (κ1) is 8.32. The second kappa shape index (κ2) is 2.89. The Morgan fingerprint density at radius 1 is 1.62 bits per heavy atom. The Balaban J connectivity index is 2.79. The van der Waals surface area contributed by atoms with E-state index in [-0.39, 0.29) is 0 Å². The van der Waals surface area contributed by atoms with Crippen LogP contribution in [-0.4, -0.2) is 9.97 Å². The number of halogens is 1. The number of aromatic nitrogens is 2. The van der Waals surface area contributed by atoms with Crippen LogP contribution in [0.15, 0.2) is 25.0 Å². The summed E-state index contributed by atoms with van der Waals surface area (Å²) in [6.07, 6.45) is 3.53. The monoisotopic (exact) mass is 192 g/mol. The molecule has 0 saturated carbocycles. The normalized spacial score (nSPS) is 10.6. The Hall–Kier alpha value is -1.28. The first-order valence-corrected chi connectivity index (χ1v) is 4.35. The molecule has 2 aromatic heterocycles. The molecular formula is C10H9ClN2. The van der Waals surface area contributed by atoms with Crippen LogP contribution in [0.1, 0.15) is 12.5 Å². The standard InChI is InChI=1S/C10H9ClN2/c1-6(2)9-5-13-10-8(9)3-7(11)4-12-10/h3-5H,1H2,2H3,(H,12,13). The first-order chi connectivity index (χ1) is 6.18. The van der Waals surface area contributed by atoms with Crippen molar-refractivity contribution in [2.75, 3.05) is 0 Å². The third-order valence-corrected chi connectivity index (χ3v) is 2.16. The minimum absolute atomic E-state index is 0.648. The van der Waals surface area contributed by atoms with E-state index in [9.17, 15) is 0 Å². The van der Waals surface area contributed by atoms with Crippen molar-refractivity contribution < 1.29 is 0 Å². The molecule has 0 saturated heterocycles. The average molecular weight is 193 g/mol. The molecule has 0 atom stereocenters. The van der Waals surface area contributed by atoms with E-state index in [2.05, 4.69) is 16.5 Å². The number of pyridine rings is 1. The molecule has 13 heavy (non-hydrogen) atoms. The highest BCUT2D eigenvalue weighted by atomic mass is 35.5. The Morgan fingerprint density at radius 2 is 2.38 bits per heavy atom. The maximum atomic E-state index is 5.85. The van der Waals surface area contributed by atoms with Crippen LogP contribution in [0.5, 0.6) is 0 Å². The second-order valence-corrected chi connectivity index (χ2v) is 3.47. The molecule has 0 spiro atoms. The fraction of sp³-hybridized carbons (Fsp3) is 0.100. The van der Waals surface area contributed by atoms with Gasteiger partial charge in [0.2, 0.25) is 0 Å². The largest absolute Gasteiger partial charge is 0.346 e. The summed E-state index contributed by atoms with van der Waals surface area (Å²) in [4.78, 5) is 7.22. The van der Waals surface area contributed by atoms with Gasteiger partial charge in [-0.15, -0.1) is 0 Å². The molecule has 0 aromatic carbocycles. The van der Waals surface area contributed by atoms with Crippen molar-refractivity contribution in [2.24, 2.45) is 0 Å². The number of rotatable bonds is 1. The van der Waals surface area contributed by atoms with Gasteiger partial charge in [0.25, 0.3) is 0 Å². The predicted molar refractivity (Wildman–Crippen MR) is 55.8 cm³/mol. The molecule has 0 aliphatic carbocycles. The summed E-state index contributed by atoms with van der Waals surface area (Å²) in [5, 5.41) is 1.68. The van der Waals surface area contributed by atoms with Crippen molar-refractivity contribution >= 4 is 28.2 Å². The van der Waals surface area contributed by atoms with E-state index >= 15 is 0 Å². The van der Waals surface area contributed by atoms with Gasteiger partial charge in [-0.1, -0.05) is 18.2 Å². The lowest BCUT2D eigenvalue weighted by atomic mass is 10.1. The summed E-state index contributed by atoms with van der Waals surface area (Å²) >= 11 is 5.85. The van der Waals surface area contributed by atoms with Gasteiger partial charge in [0.1, 0.15) is 5.65 Å². The zero-order valence-electron chi connectivity index (χ0n) is 7.26. The summed E-state index contributed by atoms with van der Waals surface area (Å²) in [6, 6.07) is 1.89. The molecule has 1 N–H and O–H groups in total. The van der Waals surface area contributed by atoms with Crippen molar-refractivity contribution in [1.82, 2.24) is 9.97 Å². The highest BCUT2D eigenvalue weighted by Gasteiger charge is 2.04. The number of nitrogens with one attached hydrogen (secondary N) is 1. The maximum Gasteiger partial charge on any atom is 0.137 e. The van der Waals surface area contributed by atoms with Crippen molar-refractivity contribution in [1.29, 1.82) is 0 Å². The topological polar surface area (TPSA) is 28.7 Å². The smallest absolute Gasteiger partial charge is 0.137 e. The minimum atomic E-state index is 0.648. The quantitative estimate of drug-likeness (QED) is 0.738. The lowest BCUT2D eigenvalue weighted by Gasteiger charge is -1.95. The SMILES string of the molecule is C=C(C)c1c[nH]c2ncc(Cl)cc12. The molecule has 66 valence electrons. The molecule has 0 fully saturated rings. The third kappa shape index (κ3) is 1.33. The molecular weight excluding hydrogens is 184 g/mol. The molecule has 0 bridgehead atoms. The highest BCUT2D eigenvalue weighted by molar-refractivity contribution is 6.31. The maximum absolute atomic E-state index is 5.85. The van der Waals surface area contributed by atoms with Crippen LogP contribution in [0.4, 0.5) is 0 Å². The zero-order chi connectivity index (χ0) is 9.42. The second-order valence-electron chi connectivity index (χ2n) is 3.03. The molecule has 0 aliphatic rings. The van der Waals surface area contributed by atoms with Gasteiger partial charge < -0.3 is 4.98 Å². The van der Waals surface area contributed by atoms with Crippen LogP contribution in [0, 0.1) is 0 Å². The van der Waals surface area contributed by atoms with Gasteiger partial charge in [-0.3, -0.25) is 0 Å². The summed E-state index contributed by atoms with van der Waals surface area (Å²) < 4.78 is 0. The van der Waals surface area contributed by atoms with E-state index in [1.807, 2.05) is 19.2 Å². The van der Waals surface area contributed by atoms with Crippen LogP contribution in [0.3, 0.4) is 0 Å². The van der Waals surface area contributed by atoms with E-state index in [0.717, 1.165) is 22.2 Å². The van der Waals surface area contributed by atoms with Crippen molar-refractivity contribution in [2.45, 2.75) is 6.92 Å². The number of H-pyrrole nitrogens is 1. The number of hydrogen-bond donors (Lipinski definition) is 1. The highest BCUT2D eigenvalue weighted by Crippen LogP contribution is 2.24. The van der Waals surface area contributed by atoms with Gasteiger partial charge in [0.05, 0.1) is 5.02 Å². The fourth-order valence-electron chi connectivity index (χ4n) is 1.33. The Labute approximate surface area is 81.3 Å². The van der Waals surface area contributed by atoms with Gasteiger partial charge >= 0.3 is 0 Å². The van der Waals surface area contributed by atoms with E-state index in [0.29, 0.717) is 5.02 Å². The van der Waals surface area contributed by atoms with E-state index in [1.165, 1.54) is 0 Å². The Kier molecular flexibility index (Phi) is 1.85. The summed E-state index contributed by atoms with van der Waals surface area (Å²) in [5.74, 6) is 0. The molecule has 0 radical (unpaired) electrons. The van der Waals surface area contributed by atoms with Gasteiger partial charge in [-0.2, -0.15) is 0 Å². The number of nitrogens with zero attached hydrogens (tertiary/aromatic N) is 1. The van der Waals surface area contributed by atoms with Crippen LogP contribution in [0.2, 0.25) is 5.02 Å². The molecule has 2 heterocycles. The van der Waals surface area contributed by atoms with Crippen LogP contribution >= 0.6 is 11.6 Å². The summed E-state index contributed by atoms with van der Waals surface area (Å²) in [5.41, 5.74) is 2.93. The fourth-order valence-corrected chi connectivity index (χ4v) is 1.49. The lowest BCUT2D eigenvalue weighted by molar-refractivity contribution is 1.32. The first-order valence-electron chi connectivity index (χ1n) is 3.97. The molecule has 0 unspecified atom stereocenters. The van der Waals surface area contributed by atoms with Gasteiger partial charge in [0, 0.05) is 23.3 Å². The summed E-state index contributed by atoms with van der Waals surface area (Å²) in [7, 11) is 0. The molecule has 2 aromatic rings. The van der Waals surface area contributed by atoms with Crippen molar-refractivity contribution in [3.05, 3.63) is 35.6 Å². The minimum Gasteiger partial charge on any atom is -0.346 e. The lowest BCUT2D eigenvalue weighted by Crippen LogP contribution is -1.77. The molecule has 3 heteroatoms. The van der Waals surface area contributed by atoms with Crippen LogP contribution in [-0.2, 0) is 0 Å². The third-order valence-electron chi connectivity index (χ3n) is 1.96. The zero-order valence-corrected chi connectivity index (χ0v) is 8.02. The van der Waals surface area contributed by atoms with Crippen molar-refractivity contribution in [3.8, 4) is 0 Å².